The Morgan fingerprint density at radius 3 is 2.67 bits per heavy atom. The van der Waals surface area contributed by atoms with E-state index in [1.165, 1.54) is 31.4 Å². The quantitative estimate of drug-likeness (QED) is 0.552. The maximum absolute atomic E-state index is 12.1. The number of aromatic amines is 1. The zero-order chi connectivity index (χ0) is 19.2. The van der Waals surface area contributed by atoms with Gasteiger partial charge in [0.05, 0.1) is 23.6 Å². The van der Waals surface area contributed by atoms with Gasteiger partial charge < -0.3 is 14.5 Å². The van der Waals surface area contributed by atoms with Crippen LogP contribution in [-0.4, -0.2) is 29.0 Å². The number of fused-ring (bicyclic) bond motifs is 1. The number of hydrogen-bond acceptors (Lipinski definition) is 6. The summed E-state index contributed by atoms with van der Waals surface area (Å²) in [5.41, 5.74) is 1.06. The zero-order valence-electron chi connectivity index (χ0n) is 14.5. The lowest BCUT2D eigenvalue weighted by atomic mass is 10.1. The lowest BCUT2D eigenvalue weighted by Gasteiger charge is -2.05. The van der Waals surface area contributed by atoms with Crippen LogP contribution in [0.2, 0.25) is 0 Å². The summed E-state index contributed by atoms with van der Waals surface area (Å²) in [5.74, 6) is -0.918. The first kappa shape index (κ1) is 18.1. The van der Waals surface area contributed by atoms with Gasteiger partial charge in [-0.25, -0.2) is 14.6 Å². The van der Waals surface area contributed by atoms with E-state index in [4.69, 9.17) is 4.74 Å². The second kappa shape index (κ2) is 8.09. The summed E-state index contributed by atoms with van der Waals surface area (Å²) in [7, 11) is 1.27. The van der Waals surface area contributed by atoms with Crippen molar-refractivity contribution in [3.05, 3.63) is 81.9 Å². The number of hydrogen-bond donors (Lipinski definition) is 1. The number of aromatic nitrogens is 2. The molecular weight excluding hydrogens is 348 g/mol. The van der Waals surface area contributed by atoms with E-state index in [1.807, 2.05) is 30.3 Å². The van der Waals surface area contributed by atoms with Crippen LogP contribution in [0.4, 0.5) is 0 Å². The monoisotopic (exact) mass is 364 g/mol. The van der Waals surface area contributed by atoms with Crippen LogP contribution in [0.15, 0.2) is 59.4 Å². The van der Waals surface area contributed by atoms with Crippen molar-refractivity contribution in [2.75, 3.05) is 7.11 Å². The minimum absolute atomic E-state index is 0.177. The van der Waals surface area contributed by atoms with E-state index in [0.29, 0.717) is 10.9 Å². The van der Waals surface area contributed by atoms with Crippen molar-refractivity contribution in [2.24, 2.45) is 0 Å². The van der Waals surface area contributed by atoms with Crippen LogP contribution in [0, 0.1) is 0 Å². The van der Waals surface area contributed by atoms with Gasteiger partial charge in [-0.2, -0.15) is 0 Å². The number of H-pyrrole nitrogens is 1. The first-order valence-corrected chi connectivity index (χ1v) is 8.08. The fourth-order valence-electron chi connectivity index (χ4n) is 2.42. The van der Waals surface area contributed by atoms with Crippen molar-refractivity contribution in [2.45, 2.75) is 6.61 Å². The highest BCUT2D eigenvalue weighted by molar-refractivity contribution is 5.94. The molecule has 0 fully saturated rings. The van der Waals surface area contributed by atoms with Gasteiger partial charge in [0.2, 0.25) is 0 Å². The number of ether oxygens (including phenoxy) is 2. The lowest BCUT2D eigenvalue weighted by Crippen LogP contribution is -2.14. The highest BCUT2D eigenvalue weighted by Gasteiger charge is 2.10. The summed E-state index contributed by atoms with van der Waals surface area (Å²) in [6, 6.07) is 13.7. The molecule has 0 radical (unpaired) electrons. The average molecular weight is 364 g/mol. The number of esters is 2. The number of benzene rings is 2. The fraction of sp³-hybridized carbons (Fsp3) is 0.100. The first-order valence-electron chi connectivity index (χ1n) is 8.08. The topological polar surface area (TPSA) is 98.4 Å². The summed E-state index contributed by atoms with van der Waals surface area (Å²) in [5, 5.41) is 0.321. The van der Waals surface area contributed by atoms with Crippen LogP contribution in [0.3, 0.4) is 0 Å². The molecule has 0 saturated carbocycles. The standard InChI is InChI=1S/C20H16N2O5/c1-26-20(25)14-8-9-15-16(11-14)21-17(22-19(15)24)12-27-18(23)10-7-13-5-3-2-4-6-13/h2-11H,12H2,1H3,(H,21,22,24). The number of carbonyl (C=O) groups is 2. The SMILES string of the molecule is COC(=O)c1ccc2c(=O)[nH]c(COC(=O)C=Cc3ccccc3)nc2c1. The molecule has 1 N–H and O–H groups in total. The predicted octanol–water partition coefficient (Wildman–Crippen LogP) is 2.47. The van der Waals surface area contributed by atoms with Crippen LogP contribution in [0.25, 0.3) is 17.0 Å². The van der Waals surface area contributed by atoms with Crippen molar-refractivity contribution < 1.29 is 19.1 Å². The molecule has 0 atom stereocenters. The Kier molecular flexibility index (Phi) is 5.41. The Bertz CT molecular complexity index is 1070. The van der Waals surface area contributed by atoms with E-state index in [2.05, 4.69) is 14.7 Å². The van der Waals surface area contributed by atoms with Crippen molar-refractivity contribution in [3.63, 3.8) is 0 Å². The number of rotatable bonds is 5. The van der Waals surface area contributed by atoms with Crippen LogP contribution < -0.4 is 5.56 Å². The highest BCUT2D eigenvalue weighted by Crippen LogP contribution is 2.12. The molecule has 0 aliphatic heterocycles. The normalized spacial score (nSPS) is 10.9. The third-order valence-electron chi connectivity index (χ3n) is 3.74. The molecule has 0 aliphatic carbocycles. The number of nitrogens with one attached hydrogen (secondary N) is 1. The minimum atomic E-state index is -0.565. The summed E-state index contributed by atoms with van der Waals surface area (Å²) < 4.78 is 9.76. The van der Waals surface area contributed by atoms with Gasteiger partial charge in [-0.15, -0.1) is 0 Å². The maximum Gasteiger partial charge on any atom is 0.337 e. The second-order valence-electron chi connectivity index (χ2n) is 5.59. The Labute approximate surface area is 154 Å². The highest BCUT2D eigenvalue weighted by atomic mass is 16.5. The van der Waals surface area contributed by atoms with Crippen LogP contribution in [0.1, 0.15) is 21.7 Å². The van der Waals surface area contributed by atoms with Crippen LogP contribution in [0.5, 0.6) is 0 Å². The van der Waals surface area contributed by atoms with E-state index in [0.717, 1.165) is 5.56 Å². The van der Waals surface area contributed by atoms with Gasteiger partial charge in [0, 0.05) is 6.08 Å². The van der Waals surface area contributed by atoms with Gasteiger partial charge in [0.25, 0.3) is 5.56 Å². The molecule has 0 spiro atoms. The fourth-order valence-corrected chi connectivity index (χ4v) is 2.42. The van der Waals surface area contributed by atoms with Gasteiger partial charge in [0.1, 0.15) is 12.4 Å². The molecule has 0 aliphatic rings. The first-order chi connectivity index (χ1) is 13.1. The van der Waals surface area contributed by atoms with Gasteiger partial charge in [0.15, 0.2) is 0 Å². The zero-order valence-corrected chi connectivity index (χ0v) is 14.5. The van der Waals surface area contributed by atoms with E-state index in [1.54, 1.807) is 6.08 Å². The summed E-state index contributed by atoms with van der Waals surface area (Å²) in [4.78, 5) is 42.4. The molecule has 2 aromatic carbocycles. The Hall–Kier alpha value is -3.74. The van der Waals surface area contributed by atoms with E-state index < -0.39 is 11.9 Å². The Balaban J connectivity index is 1.74. The smallest absolute Gasteiger partial charge is 0.337 e. The van der Waals surface area contributed by atoms with Crippen LogP contribution in [-0.2, 0) is 20.9 Å². The Morgan fingerprint density at radius 2 is 1.93 bits per heavy atom. The van der Waals surface area contributed by atoms with E-state index in [-0.39, 0.29) is 23.6 Å². The van der Waals surface area contributed by atoms with Crippen molar-refractivity contribution in [3.8, 4) is 0 Å². The lowest BCUT2D eigenvalue weighted by molar-refractivity contribution is -0.139. The van der Waals surface area contributed by atoms with Gasteiger partial charge in [-0.1, -0.05) is 30.3 Å². The summed E-state index contributed by atoms with van der Waals surface area (Å²) in [6.07, 6.45) is 2.92. The molecular formula is C20H16N2O5. The van der Waals surface area contributed by atoms with Crippen molar-refractivity contribution >= 4 is 28.9 Å². The largest absolute Gasteiger partial charge is 0.465 e. The molecule has 0 bridgehead atoms. The van der Waals surface area contributed by atoms with Crippen molar-refractivity contribution in [1.29, 1.82) is 0 Å². The van der Waals surface area contributed by atoms with Crippen LogP contribution >= 0.6 is 0 Å². The molecule has 27 heavy (non-hydrogen) atoms. The maximum atomic E-state index is 12.1. The third kappa shape index (κ3) is 4.46. The number of methoxy groups -OCH3 is 1. The third-order valence-corrected chi connectivity index (χ3v) is 3.74. The van der Waals surface area contributed by atoms with Gasteiger partial charge in [-0.3, -0.25) is 4.79 Å². The molecule has 7 heteroatoms. The van der Waals surface area contributed by atoms with E-state index >= 15 is 0 Å². The minimum Gasteiger partial charge on any atom is -0.465 e. The predicted molar refractivity (Wildman–Crippen MR) is 99.0 cm³/mol. The Morgan fingerprint density at radius 1 is 1.15 bits per heavy atom. The van der Waals surface area contributed by atoms with E-state index in [9.17, 15) is 14.4 Å². The summed E-state index contributed by atoms with van der Waals surface area (Å²) >= 11 is 0. The number of nitrogens with zero attached hydrogens (tertiary/aromatic N) is 1. The molecule has 0 saturated heterocycles. The summed E-state index contributed by atoms with van der Waals surface area (Å²) in [6.45, 7) is -0.203. The second-order valence-corrected chi connectivity index (χ2v) is 5.59. The molecule has 1 aromatic heterocycles. The molecule has 7 nitrogen and oxygen atoms in total. The van der Waals surface area contributed by atoms with Gasteiger partial charge >= 0.3 is 11.9 Å². The molecule has 1 heterocycles. The van der Waals surface area contributed by atoms with Crippen molar-refractivity contribution in [1.82, 2.24) is 9.97 Å². The molecule has 0 unspecified atom stereocenters. The molecule has 136 valence electrons. The average Bonchev–Trinajstić information content (AvgIpc) is 2.70. The molecule has 3 aromatic rings. The number of carbonyl (C=O) groups excluding carboxylic acids is 2. The molecule has 0 amide bonds. The molecule has 3 rings (SSSR count). The van der Waals surface area contributed by atoms with Gasteiger partial charge in [-0.05, 0) is 29.8 Å².